The van der Waals surface area contributed by atoms with Gasteiger partial charge in [-0.15, -0.1) is 5.10 Å². The van der Waals surface area contributed by atoms with Gasteiger partial charge in [-0.05, 0) is 36.6 Å². The quantitative estimate of drug-likeness (QED) is 0.317. The third-order valence-corrected chi connectivity index (χ3v) is 7.50. The molecule has 3 aromatic heterocycles. The van der Waals surface area contributed by atoms with Crippen LogP contribution >= 0.6 is 11.8 Å². The van der Waals surface area contributed by atoms with Gasteiger partial charge in [-0.1, -0.05) is 41.2 Å². The largest absolute Gasteiger partial charge is 0.336 e. The molecular formula is C25H23N7O2S. The van der Waals surface area contributed by atoms with E-state index in [1.54, 1.807) is 29.2 Å². The molecule has 0 radical (unpaired) electrons. The molecule has 5 heterocycles. The first-order valence-electron chi connectivity index (χ1n) is 11.6. The average molecular weight is 486 g/mol. The third-order valence-electron chi connectivity index (χ3n) is 6.61. The molecular weight excluding hydrogens is 462 g/mol. The summed E-state index contributed by atoms with van der Waals surface area (Å²) in [7, 11) is 0. The minimum atomic E-state index is -0.127. The predicted molar refractivity (Wildman–Crippen MR) is 130 cm³/mol. The number of para-hydroxylation sites is 1. The van der Waals surface area contributed by atoms with E-state index in [1.807, 2.05) is 51.9 Å². The zero-order valence-electron chi connectivity index (χ0n) is 18.9. The van der Waals surface area contributed by atoms with Crippen LogP contribution in [0, 0.1) is 5.92 Å². The van der Waals surface area contributed by atoms with Gasteiger partial charge in [-0.25, -0.2) is 14.6 Å². The molecule has 6 rings (SSSR count). The number of fused-ring (bicyclic) bond motifs is 4. The molecule has 1 aromatic carbocycles. The van der Waals surface area contributed by atoms with Gasteiger partial charge in [-0.3, -0.25) is 9.59 Å². The van der Waals surface area contributed by atoms with Crippen molar-refractivity contribution in [1.82, 2.24) is 34.4 Å². The molecule has 0 N–H and O–H groups in total. The lowest BCUT2D eigenvalue weighted by atomic mass is 9.83. The summed E-state index contributed by atoms with van der Waals surface area (Å²) in [5, 5.41) is 9.32. The number of nitrogens with zero attached hydrogens (tertiary/aromatic N) is 7. The smallest absolute Gasteiger partial charge is 0.276 e. The van der Waals surface area contributed by atoms with E-state index in [9.17, 15) is 9.59 Å². The standard InChI is InChI=1S/C25H23N7O2S/c33-22-9-4-8-20-18-12-17(14-31(20)22)13-30(15-18)24(34)23-21(16-35-25-26-10-5-11-27-25)32(29-28-23)19-6-2-1-3-7-19/h1-11,17-18H,12-16H2. The molecule has 10 heteroatoms. The Morgan fingerprint density at radius 3 is 2.63 bits per heavy atom. The molecule has 2 unspecified atom stereocenters. The van der Waals surface area contributed by atoms with E-state index in [4.69, 9.17) is 0 Å². The Morgan fingerprint density at radius 2 is 1.80 bits per heavy atom. The molecule has 0 spiro atoms. The van der Waals surface area contributed by atoms with Gasteiger partial charge in [0.05, 0.1) is 11.4 Å². The van der Waals surface area contributed by atoms with Crippen molar-refractivity contribution in [3.05, 3.63) is 94.4 Å². The maximum atomic E-state index is 13.8. The lowest BCUT2D eigenvalue weighted by Crippen LogP contribution is -2.49. The molecule has 2 atom stereocenters. The molecule has 176 valence electrons. The van der Waals surface area contributed by atoms with E-state index in [-0.39, 0.29) is 23.3 Å². The highest BCUT2D eigenvalue weighted by Crippen LogP contribution is 2.36. The maximum absolute atomic E-state index is 13.8. The zero-order valence-corrected chi connectivity index (χ0v) is 19.7. The number of amides is 1. The van der Waals surface area contributed by atoms with Crippen LogP contribution in [0.5, 0.6) is 0 Å². The SMILES string of the molecule is O=C(c1nnn(-c2ccccc2)c1CSc1ncccn1)N1CC2CC(C1)c1cccc(=O)n1C2. The van der Waals surface area contributed by atoms with E-state index in [0.29, 0.717) is 41.9 Å². The molecule has 1 amide bonds. The summed E-state index contributed by atoms with van der Waals surface area (Å²) in [6.45, 7) is 1.80. The topological polar surface area (TPSA) is 98.8 Å². The van der Waals surface area contributed by atoms with Crippen LogP contribution in [0.1, 0.15) is 34.2 Å². The van der Waals surface area contributed by atoms with Crippen LogP contribution in [0.3, 0.4) is 0 Å². The number of hydrogen-bond donors (Lipinski definition) is 0. The van der Waals surface area contributed by atoms with E-state index in [2.05, 4.69) is 20.3 Å². The molecule has 2 bridgehead atoms. The van der Waals surface area contributed by atoms with Crippen LogP contribution in [-0.4, -0.2) is 53.4 Å². The summed E-state index contributed by atoms with van der Waals surface area (Å²) in [4.78, 5) is 36.6. The van der Waals surface area contributed by atoms with Crippen LogP contribution in [0.2, 0.25) is 0 Å². The summed E-state index contributed by atoms with van der Waals surface area (Å²) in [6.07, 6.45) is 4.38. The second kappa shape index (κ2) is 9.10. The first-order chi connectivity index (χ1) is 17.2. The highest BCUT2D eigenvalue weighted by atomic mass is 32.2. The first kappa shape index (κ1) is 21.7. The number of likely N-dealkylation sites (tertiary alicyclic amines) is 1. The highest BCUT2D eigenvalue weighted by Gasteiger charge is 2.38. The van der Waals surface area contributed by atoms with E-state index >= 15 is 0 Å². The summed E-state index contributed by atoms with van der Waals surface area (Å²) in [5.41, 5.74) is 2.95. The molecule has 0 aliphatic carbocycles. The van der Waals surface area contributed by atoms with E-state index < -0.39 is 0 Å². The molecule has 1 saturated heterocycles. The second-order valence-electron chi connectivity index (χ2n) is 8.86. The maximum Gasteiger partial charge on any atom is 0.276 e. The van der Waals surface area contributed by atoms with Gasteiger partial charge >= 0.3 is 0 Å². The van der Waals surface area contributed by atoms with Crippen molar-refractivity contribution in [1.29, 1.82) is 0 Å². The fourth-order valence-electron chi connectivity index (χ4n) is 5.08. The number of rotatable bonds is 5. The van der Waals surface area contributed by atoms with Crippen LogP contribution in [0.15, 0.2) is 76.9 Å². The number of hydrogen-bond acceptors (Lipinski definition) is 7. The summed E-state index contributed by atoms with van der Waals surface area (Å²) < 4.78 is 3.59. The van der Waals surface area contributed by atoms with Gasteiger partial charge in [0, 0.05) is 55.5 Å². The van der Waals surface area contributed by atoms with Crippen LogP contribution in [-0.2, 0) is 12.3 Å². The highest BCUT2D eigenvalue weighted by molar-refractivity contribution is 7.98. The number of thioether (sulfide) groups is 1. The number of carbonyl (C=O) groups is 1. The van der Waals surface area contributed by atoms with Crippen molar-refractivity contribution in [2.75, 3.05) is 13.1 Å². The number of benzene rings is 1. The van der Waals surface area contributed by atoms with Gasteiger partial charge < -0.3 is 9.47 Å². The van der Waals surface area contributed by atoms with Crippen molar-refractivity contribution < 1.29 is 4.79 Å². The van der Waals surface area contributed by atoms with Crippen molar-refractivity contribution in [2.24, 2.45) is 5.92 Å². The lowest BCUT2D eigenvalue weighted by molar-refractivity contribution is 0.0588. The summed E-state index contributed by atoms with van der Waals surface area (Å²) in [6, 6.07) is 16.9. The molecule has 4 aromatic rings. The van der Waals surface area contributed by atoms with Crippen LogP contribution in [0.25, 0.3) is 5.69 Å². The second-order valence-corrected chi connectivity index (χ2v) is 9.80. The summed E-state index contributed by atoms with van der Waals surface area (Å²) in [5.74, 6) is 0.703. The van der Waals surface area contributed by atoms with Crippen molar-refractivity contribution in [3.63, 3.8) is 0 Å². The zero-order chi connectivity index (χ0) is 23.8. The number of piperidine rings is 1. The van der Waals surface area contributed by atoms with Gasteiger partial charge in [0.15, 0.2) is 10.9 Å². The third kappa shape index (κ3) is 4.14. The number of aromatic nitrogens is 6. The number of carbonyl (C=O) groups excluding carboxylic acids is 1. The normalized spacial score (nSPS) is 18.8. The van der Waals surface area contributed by atoms with E-state index in [0.717, 1.165) is 17.8 Å². The van der Waals surface area contributed by atoms with Gasteiger partial charge in [0.25, 0.3) is 11.5 Å². The Kier molecular flexibility index (Phi) is 5.65. The predicted octanol–water partition coefficient (Wildman–Crippen LogP) is 2.77. The fraction of sp³-hybridized carbons (Fsp3) is 0.280. The van der Waals surface area contributed by atoms with Gasteiger partial charge in [0.2, 0.25) is 0 Å². The minimum absolute atomic E-state index is 0.0326. The Bertz CT molecular complexity index is 1420. The Morgan fingerprint density at radius 1 is 0.971 bits per heavy atom. The van der Waals surface area contributed by atoms with Crippen molar-refractivity contribution in [2.45, 2.75) is 29.8 Å². The van der Waals surface area contributed by atoms with Crippen molar-refractivity contribution >= 4 is 17.7 Å². The molecule has 9 nitrogen and oxygen atoms in total. The molecule has 2 aliphatic rings. The molecule has 2 aliphatic heterocycles. The van der Waals surface area contributed by atoms with E-state index in [1.165, 1.54) is 11.8 Å². The first-order valence-corrected chi connectivity index (χ1v) is 12.5. The minimum Gasteiger partial charge on any atom is -0.336 e. The molecule has 0 saturated carbocycles. The van der Waals surface area contributed by atoms with Gasteiger partial charge in [0.1, 0.15) is 0 Å². The Labute approximate surface area is 205 Å². The number of pyridine rings is 1. The fourth-order valence-corrected chi connectivity index (χ4v) is 5.87. The van der Waals surface area contributed by atoms with Crippen LogP contribution in [0.4, 0.5) is 0 Å². The monoisotopic (exact) mass is 485 g/mol. The van der Waals surface area contributed by atoms with Gasteiger partial charge in [-0.2, -0.15) is 0 Å². The lowest BCUT2D eigenvalue weighted by Gasteiger charge is -2.42. The van der Waals surface area contributed by atoms with Crippen LogP contribution < -0.4 is 5.56 Å². The molecule has 1 fully saturated rings. The Balaban J connectivity index is 1.31. The summed E-state index contributed by atoms with van der Waals surface area (Å²) >= 11 is 1.44. The Hall–Kier alpha value is -3.79. The molecule has 35 heavy (non-hydrogen) atoms. The average Bonchev–Trinajstić information content (AvgIpc) is 3.32. The van der Waals surface area contributed by atoms with Crippen molar-refractivity contribution in [3.8, 4) is 5.69 Å².